The number of fused-ring (bicyclic) bond motifs is 1. The molecule has 2 unspecified atom stereocenters. The molecule has 0 radical (unpaired) electrons. The molecule has 0 bridgehead atoms. The molecular weight excluding hydrogens is 498 g/mol. The van der Waals surface area contributed by atoms with E-state index in [0.29, 0.717) is 17.9 Å². The lowest BCUT2D eigenvalue weighted by Gasteiger charge is -2.27. The number of ether oxygens (including phenoxy) is 1. The first-order valence-electron chi connectivity index (χ1n) is 11.9. The smallest absolute Gasteiger partial charge is 0.469 e. The Morgan fingerprint density at radius 1 is 1.14 bits per heavy atom. The van der Waals surface area contributed by atoms with E-state index in [1.165, 1.54) is 23.3 Å². The Morgan fingerprint density at radius 2 is 1.89 bits per heavy atom. The number of phosphoric acid groups is 1. The van der Waals surface area contributed by atoms with Crippen molar-refractivity contribution in [3.8, 4) is 5.75 Å². The van der Waals surface area contributed by atoms with Gasteiger partial charge in [-0.3, -0.25) is 4.52 Å². The SMILES string of the molecule is NC(CO)(CCc1ccc(OCCCC2CCCc3ccccc32)c(C(F)(F)F)c1)COP(=O)(O)O. The zero-order valence-electron chi connectivity index (χ0n) is 19.9. The molecule has 0 fully saturated rings. The van der Waals surface area contributed by atoms with Crippen LogP contribution in [0.15, 0.2) is 42.5 Å². The third-order valence-corrected chi connectivity index (χ3v) is 7.01. The van der Waals surface area contributed by atoms with Crippen molar-refractivity contribution in [1.82, 2.24) is 0 Å². The average molecular weight is 532 g/mol. The lowest BCUT2D eigenvalue weighted by Crippen LogP contribution is -2.48. The Kier molecular flexibility index (Phi) is 9.60. The van der Waals surface area contributed by atoms with Crippen LogP contribution in [0.25, 0.3) is 0 Å². The van der Waals surface area contributed by atoms with Crippen LogP contribution < -0.4 is 10.5 Å². The molecule has 2 aromatic rings. The molecule has 0 saturated carbocycles. The molecule has 36 heavy (non-hydrogen) atoms. The van der Waals surface area contributed by atoms with Gasteiger partial charge in [-0.1, -0.05) is 30.3 Å². The summed E-state index contributed by atoms with van der Waals surface area (Å²) in [7, 11) is -4.80. The van der Waals surface area contributed by atoms with E-state index < -0.39 is 38.3 Å². The first kappa shape index (κ1) is 28.6. The second-order valence-corrected chi connectivity index (χ2v) is 10.6. The first-order chi connectivity index (χ1) is 16.9. The fourth-order valence-electron chi connectivity index (χ4n) is 4.55. The monoisotopic (exact) mass is 531 g/mol. The predicted octanol–water partition coefficient (Wildman–Crippen LogP) is 4.72. The number of hydrogen-bond donors (Lipinski definition) is 4. The van der Waals surface area contributed by atoms with Gasteiger partial charge in [-0.05, 0) is 79.7 Å². The molecule has 0 spiro atoms. The third kappa shape index (κ3) is 8.30. The largest absolute Gasteiger partial charge is 0.493 e. The van der Waals surface area contributed by atoms with E-state index in [2.05, 4.69) is 16.7 Å². The summed E-state index contributed by atoms with van der Waals surface area (Å²) in [4.78, 5) is 17.7. The van der Waals surface area contributed by atoms with Crippen LogP contribution in [-0.2, 0) is 28.1 Å². The molecule has 11 heteroatoms. The minimum atomic E-state index is -4.80. The van der Waals surface area contributed by atoms with Gasteiger partial charge in [0.15, 0.2) is 0 Å². The number of nitrogens with two attached hydrogens (primary N) is 1. The molecule has 0 aromatic heterocycles. The van der Waals surface area contributed by atoms with Crippen LogP contribution in [0, 0.1) is 0 Å². The second kappa shape index (κ2) is 12.1. The Balaban J connectivity index is 1.59. The van der Waals surface area contributed by atoms with Crippen LogP contribution >= 0.6 is 7.82 Å². The number of hydrogen-bond acceptors (Lipinski definition) is 5. The van der Waals surface area contributed by atoms with Crippen molar-refractivity contribution in [3.63, 3.8) is 0 Å². The van der Waals surface area contributed by atoms with E-state index >= 15 is 0 Å². The van der Waals surface area contributed by atoms with Gasteiger partial charge in [0.2, 0.25) is 0 Å². The van der Waals surface area contributed by atoms with Gasteiger partial charge < -0.3 is 25.4 Å². The number of benzene rings is 2. The Hall–Kier alpha value is -1.94. The highest BCUT2D eigenvalue weighted by Gasteiger charge is 2.35. The quantitative estimate of drug-likeness (QED) is 0.231. The van der Waals surface area contributed by atoms with E-state index in [1.54, 1.807) is 0 Å². The maximum Gasteiger partial charge on any atom is 0.469 e. The van der Waals surface area contributed by atoms with E-state index in [4.69, 9.17) is 20.3 Å². The molecule has 0 heterocycles. The molecule has 2 atom stereocenters. The highest BCUT2D eigenvalue weighted by Crippen LogP contribution is 2.39. The Bertz CT molecular complexity index is 1060. The van der Waals surface area contributed by atoms with Gasteiger partial charge in [0, 0.05) is 0 Å². The number of aliphatic hydroxyl groups excluding tert-OH is 1. The highest BCUT2D eigenvalue weighted by atomic mass is 31.2. The summed E-state index contributed by atoms with van der Waals surface area (Å²) in [6, 6.07) is 12.1. The number of aryl methyl sites for hydroxylation is 2. The zero-order valence-corrected chi connectivity index (χ0v) is 20.8. The van der Waals surface area contributed by atoms with Gasteiger partial charge in [-0.2, -0.15) is 13.2 Å². The topological polar surface area (TPSA) is 122 Å². The third-order valence-electron chi connectivity index (χ3n) is 6.54. The van der Waals surface area contributed by atoms with Crippen molar-refractivity contribution < 1.29 is 41.9 Å². The molecule has 0 amide bonds. The molecule has 5 N–H and O–H groups in total. The molecule has 200 valence electrons. The molecule has 1 aliphatic carbocycles. The van der Waals surface area contributed by atoms with E-state index in [1.807, 2.05) is 12.1 Å². The number of alkyl halides is 3. The minimum absolute atomic E-state index is 0.0338. The summed E-state index contributed by atoms with van der Waals surface area (Å²) >= 11 is 0. The summed E-state index contributed by atoms with van der Waals surface area (Å²) in [5.41, 5.74) is 6.46. The van der Waals surface area contributed by atoms with Crippen molar-refractivity contribution in [2.24, 2.45) is 5.73 Å². The predicted molar refractivity (Wildman–Crippen MR) is 129 cm³/mol. The molecular formula is C25H33F3NO6P. The van der Waals surface area contributed by atoms with E-state index in [0.717, 1.165) is 31.7 Å². The molecule has 3 rings (SSSR count). The zero-order chi connectivity index (χ0) is 26.4. The van der Waals surface area contributed by atoms with Crippen molar-refractivity contribution in [2.45, 2.75) is 62.6 Å². The van der Waals surface area contributed by atoms with Gasteiger partial charge >= 0.3 is 14.0 Å². The van der Waals surface area contributed by atoms with Crippen molar-refractivity contribution >= 4 is 7.82 Å². The van der Waals surface area contributed by atoms with E-state index in [-0.39, 0.29) is 25.2 Å². The summed E-state index contributed by atoms with van der Waals surface area (Å²) in [6.07, 6.45) is 0.0501. The van der Waals surface area contributed by atoms with Crippen molar-refractivity contribution in [1.29, 1.82) is 0 Å². The normalized spacial score (nSPS) is 17.9. The number of rotatable bonds is 12. The summed E-state index contributed by atoms with van der Waals surface area (Å²) < 4.78 is 62.0. The van der Waals surface area contributed by atoms with Gasteiger partial charge in [0.25, 0.3) is 0 Å². The van der Waals surface area contributed by atoms with Crippen LogP contribution in [-0.4, -0.2) is 40.3 Å². The van der Waals surface area contributed by atoms with Gasteiger partial charge in [-0.15, -0.1) is 0 Å². The van der Waals surface area contributed by atoms with Gasteiger partial charge in [0.05, 0.1) is 30.9 Å². The number of aliphatic hydroxyl groups is 1. The summed E-state index contributed by atoms with van der Waals surface area (Å²) in [5.74, 6) is 0.141. The standard InChI is InChI=1S/C25H33F3NO6P/c26-25(27,28)22-15-18(12-13-24(29,16-30)17-35-36(31,32)33)10-11-23(22)34-14-4-8-20-7-3-6-19-5-1-2-9-21(19)20/h1-2,5,9-11,15,20,30H,3-4,6-8,12-14,16-17,29H2,(H2,31,32,33). The Labute approximate surface area is 208 Å². The lowest BCUT2D eigenvalue weighted by molar-refractivity contribution is -0.139. The summed E-state index contributed by atoms with van der Waals surface area (Å²) in [5, 5.41) is 9.50. The first-order valence-corrected chi connectivity index (χ1v) is 13.4. The van der Waals surface area contributed by atoms with Crippen LogP contribution in [0.3, 0.4) is 0 Å². The molecule has 1 aliphatic rings. The molecule has 0 aliphatic heterocycles. The van der Waals surface area contributed by atoms with Gasteiger partial charge in [-0.25, -0.2) is 4.57 Å². The maximum absolute atomic E-state index is 13.7. The van der Waals surface area contributed by atoms with E-state index in [9.17, 15) is 22.8 Å². The minimum Gasteiger partial charge on any atom is -0.493 e. The highest BCUT2D eigenvalue weighted by molar-refractivity contribution is 7.46. The number of halogens is 3. The average Bonchev–Trinajstić information content (AvgIpc) is 2.83. The maximum atomic E-state index is 13.7. The number of phosphoric ester groups is 1. The molecule has 0 saturated heterocycles. The Morgan fingerprint density at radius 3 is 2.58 bits per heavy atom. The fourth-order valence-corrected chi connectivity index (χ4v) is 4.97. The van der Waals surface area contributed by atoms with Crippen LogP contribution in [0.1, 0.15) is 60.3 Å². The molecule has 7 nitrogen and oxygen atoms in total. The lowest BCUT2D eigenvalue weighted by atomic mass is 9.80. The van der Waals surface area contributed by atoms with Gasteiger partial charge in [0.1, 0.15) is 5.75 Å². The molecule has 2 aromatic carbocycles. The van der Waals surface area contributed by atoms with Crippen molar-refractivity contribution in [2.75, 3.05) is 19.8 Å². The van der Waals surface area contributed by atoms with Crippen LogP contribution in [0.4, 0.5) is 13.2 Å². The van der Waals surface area contributed by atoms with Crippen molar-refractivity contribution in [3.05, 3.63) is 64.7 Å². The van der Waals surface area contributed by atoms with Crippen LogP contribution in [0.2, 0.25) is 0 Å². The summed E-state index contributed by atoms with van der Waals surface area (Å²) in [6.45, 7) is -1.14. The van der Waals surface area contributed by atoms with Crippen LogP contribution in [0.5, 0.6) is 5.75 Å². The fraction of sp³-hybridized carbons (Fsp3) is 0.520. The second-order valence-electron chi connectivity index (χ2n) is 9.39.